The molecule has 0 aromatic carbocycles. The number of aryl methyl sites for hydroxylation is 2. The number of nitrogens with zero attached hydrogens (tertiary/aromatic N) is 2. The minimum absolute atomic E-state index is 0.520. The molecule has 18 heavy (non-hydrogen) atoms. The zero-order valence-corrected chi connectivity index (χ0v) is 12.4. The molecule has 1 unspecified atom stereocenters. The highest BCUT2D eigenvalue weighted by Gasteiger charge is 2.15. The molecule has 1 aliphatic carbocycles. The van der Waals surface area contributed by atoms with E-state index in [1.807, 2.05) is 19.9 Å². The van der Waals surface area contributed by atoms with Crippen molar-refractivity contribution < 1.29 is 0 Å². The maximum absolute atomic E-state index is 4.48. The second kappa shape index (κ2) is 6.53. The van der Waals surface area contributed by atoms with Crippen molar-refractivity contribution in [2.45, 2.75) is 62.9 Å². The van der Waals surface area contributed by atoms with Gasteiger partial charge in [0, 0.05) is 29.2 Å². The number of nitrogens with one attached hydrogen (secondary N) is 1. The molecule has 1 saturated carbocycles. The molecule has 1 heterocycles. The zero-order chi connectivity index (χ0) is 13.0. The van der Waals surface area contributed by atoms with E-state index in [9.17, 15) is 0 Å². The first-order valence-electron chi connectivity index (χ1n) is 6.86. The Morgan fingerprint density at radius 1 is 1.28 bits per heavy atom. The Morgan fingerprint density at radius 2 is 1.89 bits per heavy atom. The summed E-state index contributed by atoms with van der Waals surface area (Å²) in [4.78, 5) is 8.96. The van der Waals surface area contributed by atoms with E-state index in [0.717, 1.165) is 29.1 Å². The second-order valence-corrected chi connectivity index (χ2v) is 6.66. The number of hydrogen-bond donors (Lipinski definition) is 1. The molecule has 2 rings (SSSR count). The number of thioether (sulfide) groups is 1. The fourth-order valence-corrected chi connectivity index (χ4v) is 3.36. The quantitative estimate of drug-likeness (QED) is 0.656. The molecule has 100 valence electrons. The zero-order valence-electron chi connectivity index (χ0n) is 11.6. The van der Waals surface area contributed by atoms with Crippen LogP contribution < -0.4 is 5.32 Å². The molecule has 1 aromatic heterocycles. The van der Waals surface area contributed by atoms with Crippen LogP contribution in [0.15, 0.2) is 11.2 Å². The van der Waals surface area contributed by atoms with E-state index >= 15 is 0 Å². The largest absolute Gasteiger partial charge is 0.313 e. The van der Waals surface area contributed by atoms with Gasteiger partial charge in [-0.05, 0) is 32.8 Å². The van der Waals surface area contributed by atoms with E-state index < -0.39 is 0 Å². The summed E-state index contributed by atoms with van der Waals surface area (Å²) >= 11 is 1.77. The van der Waals surface area contributed by atoms with Crippen LogP contribution >= 0.6 is 11.8 Å². The molecule has 0 aliphatic heterocycles. The normalized spacial score (nSPS) is 18.2. The van der Waals surface area contributed by atoms with Crippen LogP contribution in [0.5, 0.6) is 0 Å². The molecule has 0 bridgehead atoms. The lowest BCUT2D eigenvalue weighted by Gasteiger charge is -2.16. The summed E-state index contributed by atoms with van der Waals surface area (Å²) in [6.45, 7) is 7.35. The Kier molecular flexibility index (Phi) is 5.01. The van der Waals surface area contributed by atoms with Gasteiger partial charge >= 0.3 is 0 Å². The summed E-state index contributed by atoms with van der Waals surface area (Å²) < 4.78 is 0. The van der Waals surface area contributed by atoms with Gasteiger partial charge < -0.3 is 5.32 Å². The van der Waals surface area contributed by atoms with Gasteiger partial charge in [-0.15, -0.1) is 0 Å². The Labute approximate surface area is 114 Å². The minimum atomic E-state index is 0.520. The van der Waals surface area contributed by atoms with Crippen LogP contribution in [0.1, 0.15) is 44.0 Å². The average Bonchev–Trinajstić information content (AvgIpc) is 2.77. The highest BCUT2D eigenvalue weighted by molar-refractivity contribution is 7.99. The van der Waals surface area contributed by atoms with Gasteiger partial charge in [-0.3, -0.25) is 0 Å². The van der Waals surface area contributed by atoms with Gasteiger partial charge in [0.05, 0.1) is 0 Å². The van der Waals surface area contributed by atoms with Crippen molar-refractivity contribution in [3.8, 4) is 0 Å². The van der Waals surface area contributed by atoms with E-state index in [1.54, 1.807) is 11.8 Å². The lowest BCUT2D eigenvalue weighted by molar-refractivity contribution is 0.527. The van der Waals surface area contributed by atoms with Gasteiger partial charge in [-0.2, -0.15) is 0 Å². The smallest absolute Gasteiger partial charge is 0.188 e. The molecule has 0 radical (unpaired) electrons. The van der Waals surface area contributed by atoms with Crippen LogP contribution in [0.3, 0.4) is 0 Å². The standard InChI is InChI=1S/C14H23N3S/c1-10-8-11(2)17-14(16-10)18-12(3)9-15-13-6-4-5-7-13/h8,12-13,15H,4-7,9H2,1-3H3. The third-order valence-electron chi connectivity index (χ3n) is 3.32. The Bertz CT molecular complexity index is 368. The van der Waals surface area contributed by atoms with Gasteiger partial charge in [0.1, 0.15) is 0 Å². The van der Waals surface area contributed by atoms with Gasteiger partial charge in [0.15, 0.2) is 5.16 Å². The number of aromatic nitrogens is 2. The summed E-state index contributed by atoms with van der Waals surface area (Å²) in [6.07, 6.45) is 5.47. The van der Waals surface area contributed by atoms with Crippen LogP contribution in [-0.2, 0) is 0 Å². The van der Waals surface area contributed by atoms with E-state index in [0.29, 0.717) is 5.25 Å². The molecular formula is C14H23N3S. The SMILES string of the molecule is Cc1cc(C)nc(SC(C)CNC2CCCC2)n1. The number of rotatable bonds is 5. The van der Waals surface area contributed by atoms with Crippen molar-refractivity contribution in [2.24, 2.45) is 0 Å². The predicted molar refractivity (Wildman–Crippen MR) is 77.1 cm³/mol. The van der Waals surface area contributed by atoms with Gasteiger partial charge in [0.25, 0.3) is 0 Å². The van der Waals surface area contributed by atoms with Crippen molar-refractivity contribution in [1.29, 1.82) is 0 Å². The van der Waals surface area contributed by atoms with Gasteiger partial charge in [-0.25, -0.2) is 9.97 Å². The number of hydrogen-bond acceptors (Lipinski definition) is 4. The van der Waals surface area contributed by atoms with Gasteiger partial charge in [0.2, 0.25) is 0 Å². The molecule has 1 aromatic rings. The molecule has 1 aliphatic rings. The second-order valence-electron chi connectivity index (χ2n) is 5.25. The molecule has 3 nitrogen and oxygen atoms in total. The molecule has 1 N–H and O–H groups in total. The molecule has 0 spiro atoms. The summed E-state index contributed by atoms with van der Waals surface area (Å²) in [7, 11) is 0. The van der Waals surface area contributed by atoms with Gasteiger partial charge in [-0.1, -0.05) is 31.5 Å². The lowest BCUT2D eigenvalue weighted by atomic mass is 10.2. The lowest BCUT2D eigenvalue weighted by Crippen LogP contribution is -2.31. The van der Waals surface area contributed by atoms with Crippen LogP contribution in [0.25, 0.3) is 0 Å². The molecule has 4 heteroatoms. The third kappa shape index (κ3) is 4.25. The van der Waals surface area contributed by atoms with Crippen LogP contribution in [0.4, 0.5) is 0 Å². The van der Waals surface area contributed by atoms with E-state index in [1.165, 1.54) is 25.7 Å². The first-order chi connectivity index (χ1) is 8.63. The fraction of sp³-hybridized carbons (Fsp3) is 0.714. The summed E-state index contributed by atoms with van der Waals surface area (Å²) in [5, 5.41) is 5.09. The van der Waals surface area contributed by atoms with Crippen LogP contribution in [-0.4, -0.2) is 27.8 Å². The van der Waals surface area contributed by atoms with Crippen LogP contribution in [0, 0.1) is 13.8 Å². The Balaban J connectivity index is 1.80. The Morgan fingerprint density at radius 3 is 2.50 bits per heavy atom. The minimum Gasteiger partial charge on any atom is -0.313 e. The first-order valence-corrected chi connectivity index (χ1v) is 7.74. The topological polar surface area (TPSA) is 37.8 Å². The van der Waals surface area contributed by atoms with Crippen molar-refractivity contribution in [3.05, 3.63) is 17.5 Å². The maximum atomic E-state index is 4.48. The van der Waals surface area contributed by atoms with Crippen LogP contribution in [0.2, 0.25) is 0 Å². The van der Waals surface area contributed by atoms with Crippen molar-refractivity contribution in [3.63, 3.8) is 0 Å². The third-order valence-corrected chi connectivity index (χ3v) is 4.28. The fourth-order valence-electron chi connectivity index (χ4n) is 2.43. The first kappa shape index (κ1) is 13.8. The van der Waals surface area contributed by atoms with E-state index in [2.05, 4.69) is 22.2 Å². The maximum Gasteiger partial charge on any atom is 0.188 e. The predicted octanol–water partition coefficient (Wildman–Crippen LogP) is 3.11. The van der Waals surface area contributed by atoms with E-state index in [-0.39, 0.29) is 0 Å². The molecule has 1 fully saturated rings. The monoisotopic (exact) mass is 265 g/mol. The summed E-state index contributed by atoms with van der Waals surface area (Å²) in [5.41, 5.74) is 2.11. The average molecular weight is 265 g/mol. The summed E-state index contributed by atoms with van der Waals surface area (Å²) in [6, 6.07) is 2.76. The van der Waals surface area contributed by atoms with E-state index in [4.69, 9.17) is 0 Å². The van der Waals surface area contributed by atoms with Crippen molar-refractivity contribution in [1.82, 2.24) is 15.3 Å². The van der Waals surface area contributed by atoms with Crippen molar-refractivity contribution >= 4 is 11.8 Å². The Hall–Kier alpha value is -0.610. The molecule has 0 saturated heterocycles. The highest BCUT2D eigenvalue weighted by atomic mass is 32.2. The summed E-state index contributed by atoms with van der Waals surface area (Å²) in [5.74, 6) is 0. The molecular weight excluding hydrogens is 242 g/mol. The highest BCUT2D eigenvalue weighted by Crippen LogP contribution is 2.21. The van der Waals surface area contributed by atoms with Crippen molar-refractivity contribution in [2.75, 3.05) is 6.54 Å². The molecule has 1 atom stereocenters. The molecule has 0 amide bonds.